The third kappa shape index (κ3) is 6.10. The third-order valence-electron chi connectivity index (χ3n) is 4.48. The number of aromatic carboxylic acids is 1. The van der Waals surface area contributed by atoms with Crippen LogP contribution < -0.4 is 16.4 Å². The van der Waals surface area contributed by atoms with Crippen LogP contribution in [0.25, 0.3) is 10.4 Å². The molecule has 3 heterocycles. The summed E-state index contributed by atoms with van der Waals surface area (Å²) in [4.78, 5) is 34.2. The Hall–Kier alpha value is -3.34. The number of aromatic nitrogens is 2. The van der Waals surface area contributed by atoms with E-state index in [2.05, 4.69) is 27.5 Å². The average Bonchev–Trinajstić information content (AvgIpc) is 3.25. The molecule has 0 radical (unpaired) electrons. The van der Waals surface area contributed by atoms with Crippen LogP contribution in [0, 0.1) is 0 Å². The highest BCUT2D eigenvalue weighted by atomic mass is 32.1. The van der Waals surface area contributed by atoms with Gasteiger partial charge in [0.15, 0.2) is 0 Å². The van der Waals surface area contributed by atoms with Gasteiger partial charge >= 0.3 is 5.97 Å². The number of anilines is 2. The Morgan fingerprint density at radius 2 is 2.03 bits per heavy atom. The van der Waals surface area contributed by atoms with Crippen LogP contribution in [-0.4, -0.2) is 46.7 Å². The van der Waals surface area contributed by atoms with Gasteiger partial charge < -0.3 is 26.2 Å². The van der Waals surface area contributed by atoms with Crippen molar-refractivity contribution < 1.29 is 19.4 Å². The molecule has 0 bridgehead atoms. The number of nitrogens with two attached hydrogens (primary N) is 1. The summed E-state index contributed by atoms with van der Waals surface area (Å²) >= 11 is 1.59. The molecule has 168 valence electrons. The lowest BCUT2D eigenvalue weighted by molar-refractivity contribution is 0.0697. The molecule has 0 aliphatic heterocycles. The largest absolute Gasteiger partial charge is 0.478 e. The lowest BCUT2D eigenvalue weighted by Gasteiger charge is -2.10. The zero-order valence-corrected chi connectivity index (χ0v) is 18.4. The zero-order chi connectivity index (χ0) is 22.9. The number of hydrogen-bond donors (Lipinski definition) is 4. The fourth-order valence-corrected chi connectivity index (χ4v) is 3.84. The Bertz CT molecular complexity index is 1090. The van der Waals surface area contributed by atoms with Crippen LogP contribution in [-0.2, 0) is 11.3 Å². The number of pyridine rings is 2. The molecular weight excluding hydrogens is 430 g/mol. The van der Waals surface area contributed by atoms with E-state index in [1.54, 1.807) is 23.6 Å². The zero-order valence-electron chi connectivity index (χ0n) is 17.6. The van der Waals surface area contributed by atoms with Gasteiger partial charge in [0, 0.05) is 53.6 Å². The van der Waals surface area contributed by atoms with Gasteiger partial charge in [0.25, 0.3) is 5.91 Å². The average molecular weight is 456 g/mol. The Labute approximate surface area is 189 Å². The van der Waals surface area contributed by atoms with Crippen molar-refractivity contribution in [3.8, 4) is 10.4 Å². The number of nitrogens with one attached hydrogen (secondary N) is 2. The van der Waals surface area contributed by atoms with E-state index in [0.717, 1.165) is 41.4 Å². The van der Waals surface area contributed by atoms with Gasteiger partial charge in [0.1, 0.15) is 11.4 Å². The first kappa shape index (κ1) is 23.3. The van der Waals surface area contributed by atoms with E-state index >= 15 is 0 Å². The van der Waals surface area contributed by atoms with Gasteiger partial charge in [-0.3, -0.25) is 9.78 Å². The molecule has 9 nitrogen and oxygen atoms in total. The molecule has 3 aromatic rings. The van der Waals surface area contributed by atoms with Crippen molar-refractivity contribution >= 4 is 34.7 Å². The van der Waals surface area contributed by atoms with E-state index in [4.69, 9.17) is 10.5 Å². The van der Waals surface area contributed by atoms with Crippen molar-refractivity contribution in [3.05, 3.63) is 58.9 Å². The van der Waals surface area contributed by atoms with E-state index < -0.39 is 11.9 Å². The minimum Gasteiger partial charge on any atom is -0.478 e. The number of hydrogen-bond acceptors (Lipinski definition) is 8. The number of carboxylic acid groups (broad SMARTS) is 1. The van der Waals surface area contributed by atoms with Crippen LogP contribution in [0.1, 0.15) is 38.9 Å². The predicted molar refractivity (Wildman–Crippen MR) is 124 cm³/mol. The third-order valence-corrected chi connectivity index (χ3v) is 5.61. The molecule has 5 N–H and O–H groups in total. The topological polar surface area (TPSA) is 139 Å². The second kappa shape index (κ2) is 11.3. The minimum atomic E-state index is -1.19. The molecule has 32 heavy (non-hydrogen) atoms. The summed E-state index contributed by atoms with van der Waals surface area (Å²) in [6.45, 7) is 5.01. The number of carbonyl (C=O) groups excluding carboxylic acids is 1. The van der Waals surface area contributed by atoms with Crippen LogP contribution in [0.15, 0.2) is 42.9 Å². The first-order valence-corrected chi connectivity index (χ1v) is 10.9. The van der Waals surface area contributed by atoms with Gasteiger partial charge in [-0.05, 0) is 30.7 Å². The number of amides is 1. The molecule has 0 aliphatic rings. The number of carbonyl (C=O) groups is 2. The standard InChI is InChI=1S/C22H25N5O4S/c1-2-8-31-9-7-25-12-15-3-4-19(32-15)14-10-16(20(23)26-11-14)21(28)27-18-5-6-24-13-17(18)22(29)30/h3-6,10-11,13,25H,2,7-9,12H2,1H3,(H2,23,26)(H,29,30)(H,24,27,28). The van der Waals surface area contributed by atoms with Gasteiger partial charge in [-0.2, -0.15) is 0 Å². The molecule has 0 atom stereocenters. The van der Waals surface area contributed by atoms with Crippen molar-refractivity contribution in [1.29, 1.82) is 0 Å². The van der Waals surface area contributed by atoms with Gasteiger partial charge in [-0.1, -0.05) is 6.92 Å². The van der Waals surface area contributed by atoms with Crippen molar-refractivity contribution in [2.45, 2.75) is 19.9 Å². The molecule has 3 aromatic heterocycles. The number of thiophene rings is 1. The number of rotatable bonds is 11. The fourth-order valence-electron chi connectivity index (χ4n) is 2.89. The lowest BCUT2D eigenvalue weighted by atomic mass is 10.1. The van der Waals surface area contributed by atoms with Gasteiger partial charge in [0.2, 0.25) is 0 Å². The number of nitrogens with zero attached hydrogens (tertiary/aromatic N) is 2. The maximum atomic E-state index is 12.8. The Morgan fingerprint density at radius 3 is 2.81 bits per heavy atom. The Morgan fingerprint density at radius 1 is 1.19 bits per heavy atom. The first-order chi connectivity index (χ1) is 15.5. The highest BCUT2D eigenvalue weighted by Gasteiger charge is 2.17. The van der Waals surface area contributed by atoms with Gasteiger partial charge in [0.05, 0.1) is 17.9 Å². The molecule has 3 rings (SSSR count). The van der Waals surface area contributed by atoms with Crippen LogP contribution in [0.5, 0.6) is 0 Å². The number of ether oxygens (including phenoxy) is 1. The Balaban J connectivity index is 1.69. The SMILES string of the molecule is CCCOCCNCc1ccc(-c2cnc(N)c(C(=O)Nc3ccncc3C(=O)O)c2)s1. The second-order valence-corrected chi connectivity index (χ2v) is 8.06. The summed E-state index contributed by atoms with van der Waals surface area (Å²) < 4.78 is 5.45. The van der Waals surface area contributed by atoms with Crippen LogP contribution in [0.2, 0.25) is 0 Å². The monoisotopic (exact) mass is 455 g/mol. The molecular formula is C22H25N5O4S. The van der Waals surface area contributed by atoms with E-state index in [0.29, 0.717) is 6.61 Å². The number of nitrogen functional groups attached to an aromatic ring is 1. The van der Waals surface area contributed by atoms with E-state index in [1.165, 1.54) is 18.5 Å². The molecule has 0 saturated carbocycles. The molecule has 1 amide bonds. The van der Waals surface area contributed by atoms with Crippen LogP contribution in [0.4, 0.5) is 11.5 Å². The van der Waals surface area contributed by atoms with Crippen molar-refractivity contribution in [2.24, 2.45) is 0 Å². The van der Waals surface area contributed by atoms with Gasteiger partial charge in [-0.25, -0.2) is 9.78 Å². The molecule has 0 unspecified atom stereocenters. The van der Waals surface area contributed by atoms with E-state index in [1.807, 2.05) is 12.1 Å². The maximum absolute atomic E-state index is 12.8. The molecule has 10 heteroatoms. The first-order valence-electron chi connectivity index (χ1n) is 10.1. The smallest absolute Gasteiger partial charge is 0.339 e. The highest BCUT2D eigenvalue weighted by molar-refractivity contribution is 7.15. The quantitative estimate of drug-likeness (QED) is 0.323. The Kier molecular flexibility index (Phi) is 8.26. The molecule has 0 saturated heterocycles. The summed E-state index contributed by atoms with van der Waals surface area (Å²) in [5, 5.41) is 15.2. The van der Waals surface area contributed by atoms with E-state index in [9.17, 15) is 14.7 Å². The summed E-state index contributed by atoms with van der Waals surface area (Å²) in [6.07, 6.45) is 5.19. The predicted octanol–water partition coefficient (Wildman–Crippen LogP) is 3.25. The maximum Gasteiger partial charge on any atom is 0.339 e. The van der Waals surface area contributed by atoms with Crippen LogP contribution in [0.3, 0.4) is 0 Å². The molecule has 0 aromatic carbocycles. The van der Waals surface area contributed by atoms with Crippen molar-refractivity contribution in [3.63, 3.8) is 0 Å². The van der Waals surface area contributed by atoms with Crippen LogP contribution >= 0.6 is 11.3 Å². The molecule has 0 fully saturated rings. The summed E-state index contributed by atoms with van der Waals surface area (Å²) in [6, 6.07) is 7.06. The van der Waals surface area contributed by atoms with Gasteiger partial charge in [-0.15, -0.1) is 11.3 Å². The minimum absolute atomic E-state index is 0.0581. The van der Waals surface area contributed by atoms with Crippen molar-refractivity contribution in [1.82, 2.24) is 15.3 Å². The highest BCUT2D eigenvalue weighted by Crippen LogP contribution is 2.29. The second-order valence-electron chi connectivity index (χ2n) is 6.89. The van der Waals surface area contributed by atoms with E-state index in [-0.39, 0.29) is 22.6 Å². The number of carboxylic acids is 1. The summed E-state index contributed by atoms with van der Waals surface area (Å²) in [5.74, 6) is -1.68. The normalized spacial score (nSPS) is 10.8. The fraction of sp³-hybridized carbons (Fsp3) is 0.273. The molecule has 0 spiro atoms. The summed E-state index contributed by atoms with van der Waals surface area (Å²) in [7, 11) is 0. The molecule has 0 aliphatic carbocycles. The lowest BCUT2D eigenvalue weighted by Crippen LogP contribution is -2.18. The summed E-state index contributed by atoms with van der Waals surface area (Å²) in [5.41, 5.74) is 6.86. The van der Waals surface area contributed by atoms with Crippen molar-refractivity contribution in [2.75, 3.05) is 30.8 Å².